The Morgan fingerprint density at radius 3 is 2.84 bits per heavy atom. The van der Waals surface area contributed by atoms with Crippen molar-refractivity contribution in [1.82, 2.24) is 4.98 Å². The molecule has 1 aromatic rings. The molecule has 0 saturated carbocycles. The minimum atomic E-state index is -2.81. The molecular formula is C13H19F2N3O. The number of alkyl halides is 2. The summed E-state index contributed by atoms with van der Waals surface area (Å²) in [4.78, 5) is 6.32. The topological polar surface area (TPSA) is 51.4 Å². The second-order valence-electron chi connectivity index (χ2n) is 4.94. The lowest BCUT2D eigenvalue weighted by Crippen LogP contribution is -2.42. The Balaban J connectivity index is 2.01. The number of nitrogens with two attached hydrogens (primary N) is 1. The molecule has 0 spiro atoms. The van der Waals surface area contributed by atoms with Gasteiger partial charge in [0.25, 0.3) is 0 Å². The van der Waals surface area contributed by atoms with Gasteiger partial charge in [0.1, 0.15) is 11.6 Å². The Kier molecular flexibility index (Phi) is 4.52. The summed E-state index contributed by atoms with van der Waals surface area (Å²) < 4.78 is 28.4. The highest BCUT2D eigenvalue weighted by atomic mass is 19.3. The molecule has 19 heavy (non-hydrogen) atoms. The quantitative estimate of drug-likeness (QED) is 0.912. The predicted molar refractivity (Wildman–Crippen MR) is 69.5 cm³/mol. The van der Waals surface area contributed by atoms with Crippen molar-refractivity contribution in [3.8, 4) is 5.75 Å². The summed E-state index contributed by atoms with van der Waals surface area (Å²) >= 11 is 0. The predicted octanol–water partition coefficient (Wildman–Crippen LogP) is 2.25. The molecule has 1 aromatic heterocycles. The molecule has 106 valence electrons. The van der Waals surface area contributed by atoms with Gasteiger partial charge in [-0.15, -0.1) is 0 Å². The van der Waals surface area contributed by atoms with E-state index >= 15 is 0 Å². The largest absolute Gasteiger partial charge is 0.433 e. The van der Waals surface area contributed by atoms with E-state index in [9.17, 15) is 8.78 Å². The van der Waals surface area contributed by atoms with Gasteiger partial charge in [0.05, 0.1) is 6.20 Å². The highest BCUT2D eigenvalue weighted by Crippen LogP contribution is 2.24. The van der Waals surface area contributed by atoms with Gasteiger partial charge in [0, 0.05) is 19.1 Å². The van der Waals surface area contributed by atoms with Gasteiger partial charge in [0.2, 0.25) is 0 Å². The molecule has 2 rings (SSSR count). The molecule has 2 atom stereocenters. The molecule has 0 aliphatic carbocycles. The molecule has 2 N–H and O–H groups in total. The SMILES string of the molecule is CC(N)C1CCCN(c2ccc(OC(F)F)cn2)C1. The summed E-state index contributed by atoms with van der Waals surface area (Å²) in [6.45, 7) is 0.983. The van der Waals surface area contributed by atoms with Gasteiger partial charge in [0.15, 0.2) is 0 Å². The number of aromatic nitrogens is 1. The van der Waals surface area contributed by atoms with Crippen LogP contribution < -0.4 is 15.4 Å². The summed E-state index contributed by atoms with van der Waals surface area (Å²) in [7, 11) is 0. The van der Waals surface area contributed by atoms with Crippen LogP contribution >= 0.6 is 0 Å². The van der Waals surface area contributed by atoms with Crippen LogP contribution in [0.1, 0.15) is 19.8 Å². The third kappa shape index (κ3) is 3.76. The first-order valence-corrected chi connectivity index (χ1v) is 6.47. The molecule has 1 saturated heterocycles. The van der Waals surface area contributed by atoms with E-state index in [0.29, 0.717) is 5.92 Å². The number of pyridine rings is 1. The van der Waals surface area contributed by atoms with Crippen molar-refractivity contribution in [2.75, 3.05) is 18.0 Å². The lowest BCUT2D eigenvalue weighted by molar-refractivity contribution is -0.0500. The number of nitrogens with zero attached hydrogens (tertiary/aromatic N) is 2. The molecule has 1 aliphatic heterocycles. The average molecular weight is 271 g/mol. The average Bonchev–Trinajstić information content (AvgIpc) is 2.39. The monoisotopic (exact) mass is 271 g/mol. The minimum absolute atomic E-state index is 0.0829. The Bertz CT molecular complexity index is 397. The summed E-state index contributed by atoms with van der Waals surface area (Å²) in [5.41, 5.74) is 5.94. The lowest BCUT2D eigenvalue weighted by atomic mass is 9.92. The van der Waals surface area contributed by atoms with E-state index in [0.717, 1.165) is 31.7 Å². The highest BCUT2D eigenvalue weighted by Gasteiger charge is 2.23. The van der Waals surface area contributed by atoms with Crippen molar-refractivity contribution in [3.63, 3.8) is 0 Å². The van der Waals surface area contributed by atoms with Crippen LogP contribution in [0.5, 0.6) is 5.75 Å². The summed E-state index contributed by atoms with van der Waals surface area (Å²) in [5.74, 6) is 1.32. The third-order valence-corrected chi connectivity index (χ3v) is 3.47. The molecule has 0 bridgehead atoms. The number of rotatable bonds is 4. The summed E-state index contributed by atoms with van der Waals surface area (Å²) in [6.07, 6.45) is 3.53. The fourth-order valence-electron chi connectivity index (χ4n) is 2.38. The number of anilines is 1. The molecule has 2 heterocycles. The Labute approximate surface area is 111 Å². The lowest BCUT2D eigenvalue weighted by Gasteiger charge is -2.35. The number of ether oxygens (including phenoxy) is 1. The van der Waals surface area contributed by atoms with E-state index in [1.54, 1.807) is 6.07 Å². The Morgan fingerprint density at radius 1 is 1.47 bits per heavy atom. The van der Waals surface area contributed by atoms with Crippen molar-refractivity contribution >= 4 is 5.82 Å². The van der Waals surface area contributed by atoms with Gasteiger partial charge >= 0.3 is 6.61 Å². The third-order valence-electron chi connectivity index (χ3n) is 3.47. The summed E-state index contributed by atoms with van der Waals surface area (Å²) in [5, 5.41) is 0. The van der Waals surface area contributed by atoms with Gasteiger partial charge in [-0.2, -0.15) is 8.78 Å². The fraction of sp³-hybridized carbons (Fsp3) is 0.615. The van der Waals surface area contributed by atoms with Crippen LogP contribution in [0.3, 0.4) is 0 Å². The first kappa shape index (κ1) is 14.0. The van der Waals surface area contributed by atoms with E-state index in [1.807, 2.05) is 6.92 Å². The van der Waals surface area contributed by atoms with Crippen LogP contribution in [0.4, 0.5) is 14.6 Å². The van der Waals surface area contributed by atoms with Crippen LogP contribution in [0, 0.1) is 5.92 Å². The van der Waals surface area contributed by atoms with Gasteiger partial charge in [-0.25, -0.2) is 4.98 Å². The van der Waals surface area contributed by atoms with Crippen molar-refractivity contribution < 1.29 is 13.5 Å². The first-order chi connectivity index (χ1) is 9.06. The van der Waals surface area contributed by atoms with Crippen LogP contribution in [-0.2, 0) is 0 Å². The van der Waals surface area contributed by atoms with Gasteiger partial charge in [-0.05, 0) is 37.8 Å². The number of hydrogen-bond donors (Lipinski definition) is 1. The molecule has 1 aliphatic rings. The molecule has 0 amide bonds. The second kappa shape index (κ2) is 6.14. The van der Waals surface area contributed by atoms with E-state index < -0.39 is 6.61 Å². The maximum atomic E-state index is 12.0. The molecule has 4 nitrogen and oxygen atoms in total. The van der Waals surface area contributed by atoms with E-state index in [-0.39, 0.29) is 11.8 Å². The van der Waals surface area contributed by atoms with Crippen molar-refractivity contribution in [1.29, 1.82) is 0 Å². The maximum Gasteiger partial charge on any atom is 0.387 e. The zero-order valence-corrected chi connectivity index (χ0v) is 10.9. The Morgan fingerprint density at radius 2 is 2.26 bits per heavy atom. The number of hydrogen-bond acceptors (Lipinski definition) is 4. The van der Waals surface area contributed by atoms with Crippen molar-refractivity contribution in [2.24, 2.45) is 11.7 Å². The van der Waals surface area contributed by atoms with Crippen LogP contribution in [-0.4, -0.2) is 30.7 Å². The summed E-state index contributed by atoms with van der Waals surface area (Å²) in [6, 6.07) is 3.38. The van der Waals surface area contributed by atoms with Crippen LogP contribution in [0.2, 0.25) is 0 Å². The molecular weight excluding hydrogens is 252 g/mol. The van der Waals surface area contributed by atoms with Gasteiger partial charge in [-0.1, -0.05) is 0 Å². The minimum Gasteiger partial charge on any atom is -0.433 e. The Hall–Kier alpha value is -1.43. The smallest absolute Gasteiger partial charge is 0.387 e. The number of halogens is 2. The standard InChI is InChI=1S/C13H19F2N3O/c1-9(16)10-3-2-6-18(8-10)12-5-4-11(7-17-12)19-13(14)15/h4-5,7,9-10,13H,2-3,6,8,16H2,1H3. The second-order valence-corrected chi connectivity index (χ2v) is 4.94. The van der Waals surface area contributed by atoms with Gasteiger partial charge < -0.3 is 15.4 Å². The molecule has 0 radical (unpaired) electrons. The van der Waals surface area contributed by atoms with Crippen LogP contribution in [0.25, 0.3) is 0 Å². The van der Waals surface area contributed by atoms with Crippen molar-refractivity contribution in [3.05, 3.63) is 18.3 Å². The molecule has 0 aromatic carbocycles. The molecule has 2 unspecified atom stereocenters. The maximum absolute atomic E-state index is 12.0. The molecule has 6 heteroatoms. The normalized spacial score (nSPS) is 21.5. The number of piperidine rings is 1. The van der Waals surface area contributed by atoms with E-state index in [1.165, 1.54) is 12.3 Å². The zero-order valence-electron chi connectivity index (χ0n) is 10.9. The fourth-order valence-corrected chi connectivity index (χ4v) is 2.38. The van der Waals surface area contributed by atoms with Crippen molar-refractivity contribution in [2.45, 2.75) is 32.4 Å². The molecule has 1 fully saturated rings. The zero-order chi connectivity index (χ0) is 13.8. The van der Waals surface area contributed by atoms with E-state index in [4.69, 9.17) is 5.73 Å². The first-order valence-electron chi connectivity index (χ1n) is 6.47. The van der Waals surface area contributed by atoms with E-state index in [2.05, 4.69) is 14.6 Å². The van der Waals surface area contributed by atoms with Crippen LogP contribution in [0.15, 0.2) is 18.3 Å². The van der Waals surface area contributed by atoms with Gasteiger partial charge in [-0.3, -0.25) is 0 Å². The highest BCUT2D eigenvalue weighted by molar-refractivity contribution is 5.41.